The summed E-state index contributed by atoms with van der Waals surface area (Å²) in [5.74, 6) is 0.522. The first-order chi connectivity index (χ1) is 13.5. The SMILES string of the molecule is C[C@@]12CC(CN1)[C@H](Oc1ccc(-c3ccc(-n4ccnc4)cc3O)nn1)[C@@H]2F. The third-order valence-electron chi connectivity index (χ3n) is 5.77. The molecule has 4 atom stereocenters. The van der Waals surface area contributed by atoms with Crippen molar-refractivity contribution in [2.24, 2.45) is 5.92 Å². The fraction of sp³-hybridized carbons (Fsp3) is 0.350. The number of halogens is 1. The molecule has 7 nitrogen and oxygen atoms in total. The molecule has 0 radical (unpaired) electrons. The minimum atomic E-state index is -1.08. The molecule has 144 valence electrons. The molecule has 1 aliphatic heterocycles. The van der Waals surface area contributed by atoms with Crippen LogP contribution in [0.1, 0.15) is 13.3 Å². The van der Waals surface area contributed by atoms with Crippen LogP contribution in [0.25, 0.3) is 16.9 Å². The number of alkyl halides is 1. The Bertz CT molecular complexity index is 994. The molecule has 1 unspecified atom stereocenters. The van der Waals surface area contributed by atoms with Gasteiger partial charge in [-0.2, -0.15) is 0 Å². The van der Waals surface area contributed by atoms with Crippen molar-refractivity contribution in [1.82, 2.24) is 25.1 Å². The number of nitrogens with one attached hydrogen (secondary N) is 1. The minimum absolute atomic E-state index is 0.0880. The van der Waals surface area contributed by atoms with Gasteiger partial charge in [-0.25, -0.2) is 9.37 Å². The summed E-state index contributed by atoms with van der Waals surface area (Å²) in [6.07, 6.45) is 4.31. The van der Waals surface area contributed by atoms with E-state index in [9.17, 15) is 9.50 Å². The number of imidazole rings is 1. The van der Waals surface area contributed by atoms with Gasteiger partial charge in [0.05, 0.1) is 23.2 Å². The number of benzene rings is 1. The van der Waals surface area contributed by atoms with Crippen molar-refractivity contribution in [2.75, 3.05) is 6.54 Å². The predicted molar refractivity (Wildman–Crippen MR) is 100 cm³/mol. The number of nitrogens with zero attached hydrogens (tertiary/aromatic N) is 4. The summed E-state index contributed by atoms with van der Waals surface area (Å²) in [4.78, 5) is 4.00. The van der Waals surface area contributed by atoms with Crippen LogP contribution in [0.2, 0.25) is 0 Å². The third kappa shape index (κ3) is 2.72. The fourth-order valence-corrected chi connectivity index (χ4v) is 4.23. The van der Waals surface area contributed by atoms with E-state index in [1.807, 2.05) is 13.0 Å². The van der Waals surface area contributed by atoms with Crippen LogP contribution in [0.4, 0.5) is 4.39 Å². The molecule has 1 saturated carbocycles. The highest BCUT2D eigenvalue weighted by Crippen LogP contribution is 2.43. The lowest BCUT2D eigenvalue weighted by molar-refractivity contribution is 0.0407. The highest BCUT2D eigenvalue weighted by molar-refractivity contribution is 5.68. The van der Waals surface area contributed by atoms with E-state index in [-0.39, 0.29) is 11.7 Å². The third-order valence-corrected chi connectivity index (χ3v) is 5.77. The van der Waals surface area contributed by atoms with Gasteiger partial charge in [0.2, 0.25) is 5.88 Å². The molecule has 2 bridgehead atoms. The van der Waals surface area contributed by atoms with E-state index in [1.54, 1.807) is 47.6 Å². The molecule has 2 aromatic heterocycles. The van der Waals surface area contributed by atoms with Crippen LogP contribution in [0.5, 0.6) is 11.6 Å². The van der Waals surface area contributed by atoms with Crippen molar-refractivity contribution in [3.63, 3.8) is 0 Å². The number of aromatic hydroxyl groups is 1. The maximum absolute atomic E-state index is 14.6. The number of phenolic OH excluding ortho intramolecular Hbond substituents is 1. The van der Waals surface area contributed by atoms with Crippen LogP contribution in [0, 0.1) is 5.92 Å². The van der Waals surface area contributed by atoms with Crippen molar-refractivity contribution in [2.45, 2.75) is 31.2 Å². The molecule has 0 spiro atoms. The molecule has 5 rings (SSSR count). The number of aromatic nitrogens is 4. The number of fused-ring (bicyclic) bond motifs is 2. The molecule has 2 N–H and O–H groups in total. The number of ether oxygens (including phenoxy) is 1. The van der Waals surface area contributed by atoms with Gasteiger partial charge in [0.25, 0.3) is 0 Å². The Morgan fingerprint density at radius 1 is 1.29 bits per heavy atom. The van der Waals surface area contributed by atoms with Gasteiger partial charge in [-0.15, -0.1) is 10.2 Å². The standard InChI is InChI=1S/C20H20FN5O2/c1-20-9-12(10-23-20)18(19(20)21)28-17-5-4-15(24-25-17)14-3-2-13(8-16(14)27)26-7-6-22-11-26/h2-8,11-12,18-19,23,27H,9-10H2,1H3/t12?,18-,19-,20-/m0/s1. The highest BCUT2D eigenvalue weighted by Gasteiger charge is 2.57. The Hall–Kier alpha value is -3.00. The maximum Gasteiger partial charge on any atom is 0.233 e. The van der Waals surface area contributed by atoms with Gasteiger partial charge in [-0.05, 0) is 31.5 Å². The molecule has 8 heteroatoms. The molecule has 0 amide bonds. The zero-order valence-corrected chi connectivity index (χ0v) is 15.3. The molecule has 2 fully saturated rings. The van der Waals surface area contributed by atoms with Gasteiger partial charge in [-0.3, -0.25) is 0 Å². The molecule has 3 aromatic rings. The fourth-order valence-electron chi connectivity index (χ4n) is 4.23. The Labute approximate surface area is 161 Å². The van der Waals surface area contributed by atoms with Crippen LogP contribution in [0.15, 0.2) is 49.1 Å². The number of hydrogen-bond donors (Lipinski definition) is 2. The first-order valence-corrected chi connectivity index (χ1v) is 9.25. The Balaban J connectivity index is 1.34. The van der Waals surface area contributed by atoms with Gasteiger partial charge < -0.3 is 19.7 Å². The summed E-state index contributed by atoms with van der Waals surface area (Å²) in [6.45, 7) is 2.65. The van der Waals surface area contributed by atoms with E-state index in [4.69, 9.17) is 4.74 Å². The van der Waals surface area contributed by atoms with Gasteiger partial charge in [0, 0.05) is 42.6 Å². The van der Waals surface area contributed by atoms with Gasteiger partial charge in [-0.1, -0.05) is 0 Å². The van der Waals surface area contributed by atoms with Crippen molar-refractivity contribution < 1.29 is 14.2 Å². The first-order valence-electron chi connectivity index (χ1n) is 9.25. The first kappa shape index (κ1) is 17.1. The summed E-state index contributed by atoms with van der Waals surface area (Å²) >= 11 is 0. The van der Waals surface area contributed by atoms with Gasteiger partial charge >= 0.3 is 0 Å². The van der Waals surface area contributed by atoms with Crippen LogP contribution >= 0.6 is 0 Å². The van der Waals surface area contributed by atoms with E-state index >= 15 is 0 Å². The average molecular weight is 381 g/mol. The van der Waals surface area contributed by atoms with E-state index in [0.717, 1.165) is 18.7 Å². The lowest BCUT2D eigenvalue weighted by Gasteiger charge is -2.32. The molecule has 3 heterocycles. The monoisotopic (exact) mass is 381 g/mol. The Morgan fingerprint density at radius 2 is 2.18 bits per heavy atom. The largest absolute Gasteiger partial charge is 0.507 e. The quantitative estimate of drug-likeness (QED) is 0.722. The lowest BCUT2D eigenvalue weighted by atomic mass is 9.99. The number of phenols is 1. The summed E-state index contributed by atoms with van der Waals surface area (Å²) in [6, 6.07) is 8.66. The molecule has 2 aliphatic rings. The molecular weight excluding hydrogens is 361 g/mol. The van der Waals surface area contributed by atoms with Crippen molar-refractivity contribution >= 4 is 0 Å². The number of rotatable bonds is 4. The second-order valence-corrected chi connectivity index (χ2v) is 7.68. The second kappa shape index (κ2) is 6.27. The Kier molecular flexibility index (Phi) is 3.83. The van der Waals surface area contributed by atoms with E-state index in [0.29, 0.717) is 17.1 Å². The van der Waals surface area contributed by atoms with E-state index < -0.39 is 17.8 Å². The van der Waals surface area contributed by atoms with Crippen molar-refractivity contribution in [3.05, 3.63) is 49.1 Å². The number of hydrogen-bond acceptors (Lipinski definition) is 6. The second-order valence-electron chi connectivity index (χ2n) is 7.68. The van der Waals surface area contributed by atoms with Crippen LogP contribution in [-0.4, -0.2) is 49.2 Å². The van der Waals surface area contributed by atoms with E-state index in [1.165, 1.54) is 0 Å². The number of piperidine rings is 1. The van der Waals surface area contributed by atoms with Crippen molar-refractivity contribution in [3.8, 4) is 28.6 Å². The molecular formula is C20H20FN5O2. The van der Waals surface area contributed by atoms with Gasteiger partial charge in [0.1, 0.15) is 11.9 Å². The normalized spacial score (nSPS) is 28.6. The van der Waals surface area contributed by atoms with Crippen LogP contribution in [-0.2, 0) is 0 Å². The molecule has 1 saturated heterocycles. The smallest absolute Gasteiger partial charge is 0.233 e. The zero-order chi connectivity index (χ0) is 19.3. The highest BCUT2D eigenvalue weighted by atomic mass is 19.1. The Morgan fingerprint density at radius 3 is 2.82 bits per heavy atom. The molecule has 28 heavy (non-hydrogen) atoms. The molecule has 1 aliphatic carbocycles. The maximum atomic E-state index is 14.6. The van der Waals surface area contributed by atoms with Crippen LogP contribution in [0.3, 0.4) is 0 Å². The average Bonchev–Trinajstić information content (AvgIpc) is 3.41. The predicted octanol–water partition coefficient (Wildman–Crippen LogP) is 2.50. The summed E-state index contributed by atoms with van der Waals surface area (Å²) in [5.41, 5.74) is 1.35. The summed E-state index contributed by atoms with van der Waals surface area (Å²) < 4.78 is 22.2. The minimum Gasteiger partial charge on any atom is -0.507 e. The topological polar surface area (TPSA) is 85.1 Å². The zero-order valence-electron chi connectivity index (χ0n) is 15.3. The summed E-state index contributed by atoms with van der Waals surface area (Å²) in [7, 11) is 0. The van der Waals surface area contributed by atoms with Crippen LogP contribution < -0.4 is 10.1 Å². The van der Waals surface area contributed by atoms with E-state index in [2.05, 4.69) is 20.5 Å². The van der Waals surface area contributed by atoms with Gasteiger partial charge in [0.15, 0.2) is 6.17 Å². The summed E-state index contributed by atoms with van der Waals surface area (Å²) in [5, 5.41) is 21.9. The lowest BCUT2D eigenvalue weighted by Crippen LogP contribution is -2.53. The van der Waals surface area contributed by atoms with Crippen molar-refractivity contribution in [1.29, 1.82) is 0 Å². The molecule has 1 aromatic carbocycles.